The van der Waals surface area contributed by atoms with E-state index in [9.17, 15) is 20.0 Å². The molecule has 146 valence electrons. The van der Waals surface area contributed by atoms with Crippen LogP contribution in [0.3, 0.4) is 0 Å². The molecule has 0 saturated heterocycles. The minimum Gasteiger partial charge on any atom is -0.477 e. The fraction of sp³-hybridized carbons (Fsp3) is 0.174. The van der Waals surface area contributed by atoms with Gasteiger partial charge in [-0.3, -0.25) is 10.1 Å². The van der Waals surface area contributed by atoms with Crippen molar-refractivity contribution in [3.63, 3.8) is 0 Å². The number of carboxylic acid groups (broad SMARTS) is 1. The number of fused-ring (bicyclic) bond motifs is 1. The fourth-order valence-corrected chi connectivity index (χ4v) is 4.27. The number of rotatable bonds is 4. The molecule has 4 rings (SSSR count). The molecule has 0 fully saturated rings. The predicted octanol–water partition coefficient (Wildman–Crippen LogP) is 4.82. The summed E-state index contributed by atoms with van der Waals surface area (Å²) < 4.78 is 0. The third-order valence-corrected chi connectivity index (χ3v) is 5.58. The molecule has 0 spiro atoms. The van der Waals surface area contributed by atoms with Gasteiger partial charge < -0.3 is 10.4 Å². The third kappa shape index (κ3) is 3.02. The van der Waals surface area contributed by atoms with E-state index in [1.807, 2.05) is 50.2 Å². The number of anilines is 1. The van der Waals surface area contributed by atoms with Crippen LogP contribution >= 0.6 is 0 Å². The number of carboxylic acids is 1. The van der Waals surface area contributed by atoms with Gasteiger partial charge in [0.05, 0.1) is 10.5 Å². The maximum atomic E-state index is 11.6. The number of hydrogen-bond donors (Lipinski definition) is 2. The lowest BCUT2D eigenvalue weighted by atomic mass is 9.78. The molecule has 3 aromatic carbocycles. The topological polar surface area (TPSA) is 92.5 Å². The molecule has 1 unspecified atom stereocenters. The van der Waals surface area contributed by atoms with Crippen molar-refractivity contribution in [2.24, 2.45) is 0 Å². The van der Waals surface area contributed by atoms with Crippen LogP contribution in [-0.4, -0.2) is 16.0 Å². The van der Waals surface area contributed by atoms with Crippen molar-refractivity contribution in [1.82, 2.24) is 0 Å². The van der Waals surface area contributed by atoms with E-state index in [0.29, 0.717) is 12.0 Å². The summed E-state index contributed by atoms with van der Waals surface area (Å²) in [4.78, 5) is 22.4. The van der Waals surface area contributed by atoms with Crippen molar-refractivity contribution in [2.45, 2.75) is 25.8 Å². The largest absolute Gasteiger partial charge is 0.477 e. The number of hydrogen-bond acceptors (Lipinski definition) is 4. The summed E-state index contributed by atoms with van der Waals surface area (Å²) in [6.07, 6.45) is 0.608. The van der Waals surface area contributed by atoms with Crippen LogP contribution in [-0.2, 0) is 12.0 Å². The van der Waals surface area contributed by atoms with Gasteiger partial charge in [-0.2, -0.15) is 0 Å². The number of aryl methyl sites for hydroxylation is 2. The van der Waals surface area contributed by atoms with Gasteiger partial charge >= 0.3 is 5.97 Å². The maximum Gasteiger partial charge on any atom is 0.342 e. The van der Waals surface area contributed by atoms with E-state index in [-0.39, 0.29) is 5.56 Å². The molecule has 6 heteroatoms. The Hall–Kier alpha value is -3.67. The summed E-state index contributed by atoms with van der Waals surface area (Å²) in [5.41, 5.74) is 4.51. The number of nitro groups is 1. The van der Waals surface area contributed by atoms with Gasteiger partial charge in [0.1, 0.15) is 5.56 Å². The second-order valence-electron chi connectivity index (χ2n) is 7.48. The average Bonchev–Trinajstić information content (AvgIpc) is 3.07. The van der Waals surface area contributed by atoms with E-state index < -0.39 is 22.1 Å². The number of aromatic carboxylic acids is 1. The average molecular weight is 388 g/mol. The standard InChI is InChI=1S/C23H20N2O4/c1-14-7-10-19(15(2)11-14)23(13-16-5-3-4-6-20(16)24-23)17-8-9-18(22(26)27)21(12-17)25(28)29/h3-12,24H,13H2,1-2H3,(H,26,27). The van der Waals surface area contributed by atoms with Crippen LogP contribution in [0.2, 0.25) is 0 Å². The number of nitrogens with zero attached hydrogens (tertiary/aromatic N) is 1. The zero-order valence-corrected chi connectivity index (χ0v) is 16.1. The Morgan fingerprint density at radius 2 is 1.86 bits per heavy atom. The van der Waals surface area contributed by atoms with E-state index >= 15 is 0 Å². The summed E-state index contributed by atoms with van der Waals surface area (Å²) in [6.45, 7) is 4.04. The van der Waals surface area contributed by atoms with Gasteiger partial charge in [0.15, 0.2) is 0 Å². The highest BCUT2D eigenvalue weighted by molar-refractivity contribution is 5.92. The number of benzene rings is 3. The molecule has 1 aliphatic rings. The van der Waals surface area contributed by atoms with Crippen molar-refractivity contribution < 1.29 is 14.8 Å². The summed E-state index contributed by atoms with van der Waals surface area (Å²) in [7, 11) is 0. The first-order valence-corrected chi connectivity index (χ1v) is 9.28. The zero-order valence-electron chi connectivity index (χ0n) is 16.1. The molecule has 0 amide bonds. The van der Waals surface area contributed by atoms with Crippen LogP contribution in [0.1, 0.15) is 38.2 Å². The van der Waals surface area contributed by atoms with E-state index in [1.165, 1.54) is 12.1 Å². The van der Waals surface area contributed by atoms with Crippen molar-refractivity contribution in [1.29, 1.82) is 0 Å². The predicted molar refractivity (Wildman–Crippen MR) is 111 cm³/mol. The molecule has 3 aromatic rings. The van der Waals surface area contributed by atoms with Crippen LogP contribution in [0.25, 0.3) is 0 Å². The highest BCUT2D eigenvalue weighted by atomic mass is 16.6. The molecule has 1 heterocycles. The molecule has 1 aliphatic heterocycles. The quantitative estimate of drug-likeness (QED) is 0.494. The van der Waals surface area contributed by atoms with E-state index in [2.05, 4.69) is 11.4 Å². The number of para-hydroxylation sites is 1. The van der Waals surface area contributed by atoms with E-state index in [1.54, 1.807) is 6.07 Å². The first kappa shape index (κ1) is 18.7. The normalized spacial score (nSPS) is 17.4. The monoisotopic (exact) mass is 388 g/mol. The summed E-state index contributed by atoms with van der Waals surface area (Å²) in [5.74, 6) is -1.31. The second kappa shape index (κ2) is 6.74. The van der Waals surface area contributed by atoms with Gasteiger partial charge in [-0.05, 0) is 48.2 Å². The Labute approximate surface area is 168 Å². The van der Waals surface area contributed by atoms with Crippen LogP contribution in [0.4, 0.5) is 11.4 Å². The number of carbonyl (C=O) groups is 1. The van der Waals surface area contributed by atoms with Gasteiger partial charge in [-0.15, -0.1) is 0 Å². The smallest absolute Gasteiger partial charge is 0.342 e. The molecule has 0 bridgehead atoms. The highest BCUT2D eigenvalue weighted by Crippen LogP contribution is 2.46. The summed E-state index contributed by atoms with van der Waals surface area (Å²) in [5, 5.41) is 24.5. The van der Waals surface area contributed by atoms with Gasteiger partial charge in [-0.25, -0.2) is 4.79 Å². The summed E-state index contributed by atoms with van der Waals surface area (Å²) >= 11 is 0. The van der Waals surface area contributed by atoms with Crippen molar-refractivity contribution in [3.05, 3.63) is 104 Å². The van der Waals surface area contributed by atoms with E-state index in [4.69, 9.17) is 0 Å². The van der Waals surface area contributed by atoms with Gasteiger partial charge in [-0.1, -0.05) is 48.0 Å². The first-order valence-electron chi connectivity index (χ1n) is 9.28. The minimum atomic E-state index is -1.31. The molecule has 0 radical (unpaired) electrons. The van der Waals surface area contributed by atoms with Crippen LogP contribution in [0, 0.1) is 24.0 Å². The molecule has 0 aliphatic carbocycles. The molecular formula is C23H20N2O4. The molecule has 0 aromatic heterocycles. The van der Waals surface area contributed by atoms with Gasteiger partial charge in [0.25, 0.3) is 5.69 Å². The van der Waals surface area contributed by atoms with Gasteiger partial charge in [0.2, 0.25) is 0 Å². The van der Waals surface area contributed by atoms with Gasteiger partial charge in [0, 0.05) is 18.2 Å². The van der Waals surface area contributed by atoms with Crippen molar-refractivity contribution in [2.75, 3.05) is 5.32 Å². The molecular weight excluding hydrogens is 368 g/mol. The number of nitro benzene ring substituents is 1. The lowest BCUT2D eigenvalue weighted by Gasteiger charge is -2.33. The minimum absolute atomic E-state index is 0.315. The second-order valence-corrected chi connectivity index (χ2v) is 7.48. The van der Waals surface area contributed by atoms with Crippen LogP contribution < -0.4 is 5.32 Å². The Kier molecular flexibility index (Phi) is 4.34. The van der Waals surface area contributed by atoms with E-state index in [0.717, 1.165) is 27.9 Å². The molecule has 0 saturated carbocycles. The zero-order chi connectivity index (χ0) is 20.8. The highest BCUT2D eigenvalue weighted by Gasteiger charge is 2.42. The Morgan fingerprint density at radius 1 is 1.10 bits per heavy atom. The van der Waals surface area contributed by atoms with Crippen molar-refractivity contribution in [3.8, 4) is 0 Å². The molecule has 6 nitrogen and oxygen atoms in total. The fourth-order valence-electron chi connectivity index (χ4n) is 4.27. The number of nitrogens with one attached hydrogen (secondary N) is 1. The third-order valence-electron chi connectivity index (χ3n) is 5.58. The lowest BCUT2D eigenvalue weighted by molar-refractivity contribution is -0.385. The summed E-state index contributed by atoms with van der Waals surface area (Å²) in [6, 6.07) is 18.5. The SMILES string of the molecule is Cc1ccc(C2(c3ccc(C(=O)O)c([N+](=O)[O-])c3)Cc3ccccc3N2)c(C)c1. The molecule has 2 N–H and O–H groups in total. The Bertz CT molecular complexity index is 1130. The first-order chi connectivity index (χ1) is 13.8. The molecule has 1 atom stereocenters. The Balaban J connectivity index is 1.97. The van der Waals surface area contributed by atoms with Crippen LogP contribution in [0.15, 0.2) is 60.7 Å². The van der Waals surface area contributed by atoms with Crippen molar-refractivity contribution >= 4 is 17.3 Å². The van der Waals surface area contributed by atoms with Crippen LogP contribution in [0.5, 0.6) is 0 Å². The Morgan fingerprint density at radius 3 is 2.52 bits per heavy atom. The maximum absolute atomic E-state index is 11.6. The molecule has 29 heavy (non-hydrogen) atoms. The lowest BCUT2D eigenvalue weighted by Crippen LogP contribution is -2.35.